The Labute approximate surface area is 194 Å². The molecule has 1 saturated heterocycles. The molecule has 0 aliphatic carbocycles. The topological polar surface area (TPSA) is 87.8 Å². The summed E-state index contributed by atoms with van der Waals surface area (Å²) in [4.78, 5) is 37.8. The van der Waals surface area contributed by atoms with Gasteiger partial charge in [0.2, 0.25) is 0 Å². The number of furan rings is 1. The smallest absolute Gasteiger partial charge is 0.335 e. The van der Waals surface area contributed by atoms with Crippen LogP contribution in [-0.2, 0) is 11.3 Å². The number of rotatable bonds is 5. The number of benzene rings is 2. The van der Waals surface area contributed by atoms with Gasteiger partial charge in [-0.2, -0.15) is 0 Å². The van der Waals surface area contributed by atoms with E-state index in [-0.39, 0.29) is 22.3 Å². The van der Waals surface area contributed by atoms with Gasteiger partial charge in [0.1, 0.15) is 11.5 Å². The number of nitrogens with zero attached hydrogens (tertiary/aromatic N) is 1. The van der Waals surface area contributed by atoms with Gasteiger partial charge < -0.3 is 9.52 Å². The molecule has 0 bridgehead atoms. The van der Waals surface area contributed by atoms with E-state index >= 15 is 0 Å². The quantitative estimate of drug-likeness (QED) is 0.399. The highest BCUT2D eigenvalue weighted by Crippen LogP contribution is 2.36. The molecule has 1 fully saturated rings. The molecule has 0 atom stereocenters. The molecule has 156 valence electrons. The van der Waals surface area contributed by atoms with Crippen molar-refractivity contribution < 1.29 is 23.9 Å². The highest BCUT2D eigenvalue weighted by atomic mass is 79.9. The third-order valence-corrected chi connectivity index (χ3v) is 6.55. The summed E-state index contributed by atoms with van der Waals surface area (Å²) in [6, 6.07) is 14.9. The lowest BCUT2D eigenvalue weighted by atomic mass is 10.1. The minimum atomic E-state index is -1.08. The van der Waals surface area contributed by atoms with Crippen molar-refractivity contribution in [2.24, 2.45) is 0 Å². The number of carbonyl (C=O) groups is 3. The van der Waals surface area contributed by atoms with E-state index in [1.165, 1.54) is 29.2 Å². The van der Waals surface area contributed by atoms with E-state index in [2.05, 4.69) is 15.9 Å². The molecule has 1 aliphatic rings. The number of carboxylic acid groups (broad SMARTS) is 1. The van der Waals surface area contributed by atoms with E-state index in [0.717, 1.165) is 21.8 Å². The van der Waals surface area contributed by atoms with Crippen LogP contribution in [0.15, 0.2) is 68.4 Å². The average molecular weight is 519 g/mol. The Kier molecular flexibility index (Phi) is 6.04. The van der Waals surface area contributed by atoms with Gasteiger partial charge in [-0.25, -0.2) is 4.79 Å². The lowest BCUT2D eigenvalue weighted by Gasteiger charge is -2.13. The number of carbonyl (C=O) groups excluding carboxylic acids is 2. The monoisotopic (exact) mass is 517 g/mol. The van der Waals surface area contributed by atoms with Crippen molar-refractivity contribution in [1.82, 2.24) is 4.90 Å². The van der Waals surface area contributed by atoms with Crippen molar-refractivity contribution in [1.29, 1.82) is 0 Å². The first-order chi connectivity index (χ1) is 14.8. The summed E-state index contributed by atoms with van der Waals surface area (Å²) in [5, 5.41) is 9.15. The molecule has 0 spiro atoms. The molecule has 2 aromatic carbocycles. The molecule has 3 aromatic rings. The fourth-order valence-corrected chi connectivity index (χ4v) is 4.42. The van der Waals surface area contributed by atoms with Crippen LogP contribution in [0.2, 0.25) is 5.02 Å². The van der Waals surface area contributed by atoms with Crippen molar-refractivity contribution >= 4 is 62.5 Å². The molecule has 2 amide bonds. The average Bonchev–Trinajstić information content (AvgIpc) is 3.30. The van der Waals surface area contributed by atoms with Crippen LogP contribution in [0.25, 0.3) is 17.4 Å². The van der Waals surface area contributed by atoms with Gasteiger partial charge in [-0.1, -0.05) is 45.7 Å². The van der Waals surface area contributed by atoms with E-state index in [1.807, 2.05) is 24.3 Å². The Balaban J connectivity index is 1.58. The van der Waals surface area contributed by atoms with Crippen LogP contribution in [-0.4, -0.2) is 27.1 Å². The Hall–Kier alpha value is -2.81. The van der Waals surface area contributed by atoms with Crippen molar-refractivity contribution in [2.45, 2.75) is 6.54 Å². The van der Waals surface area contributed by atoms with Gasteiger partial charge in [-0.05, 0) is 53.7 Å². The number of amides is 2. The van der Waals surface area contributed by atoms with E-state index in [9.17, 15) is 19.5 Å². The van der Waals surface area contributed by atoms with Gasteiger partial charge in [0.05, 0.1) is 22.0 Å². The fraction of sp³-hybridized carbons (Fsp3) is 0.0455. The first-order valence-electron chi connectivity index (χ1n) is 8.95. The summed E-state index contributed by atoms with van der Waals surface area (Å²) in [6.45, 7) is 0.157. The number of aromatic carboxylic acids is 1. The molecule has 9 heteroatoms. The van der Waals surface area contributed by atoms with Crippen LogP contribution < -0.4 is 0 Å². The van der Waals surface area contributed by atoms with Crippen molar-refractivity contribution in [3.8, 4) is 11.3 Å². The number of hydrogen-bond donors (Lipinski definition) is 1. The van der Waals surface area contributed by atoms with Crippen LogP contribution in [0, 0.1) is 0 Å². The largest absolute Gasteiger partial charge is 0.478 e. The van der Waals surface area contributed by atoms with Crippen molar-refractivity contribution in [3.63, 3.8) is 0 Å². The first kappa shape index (κ1) is 21.4. The summed E-state index contributed by atoms with van der Waals surface area (Å²) in [5.74, 6) is -0.789. The van der Waals surface area contributed by atoms with Gasteiger partial charge in [0, 0.05) is 16.1 Å². The fourth-order valence-electron chi connectivity index (χ4n) is 2.98. The Morgan fingerprint density at radius 3 is 2.68 bits per heavy atom. The summed E-state index contributed by atoms with van der Waals surface area (Å²) in [5.41, 5.74) is 1.31. The molecule has 1 aliphatic heterocycles. The summed E-state index contributed by atoms with van der Waals surface area (Å²) in [7, 11) is 0. The maximum Gasteiger partial charge on any atom is 0.335 e. The molecule has 0 saturated carbocycles. The Morgan fingerprint density at radius 1 is 1.16 bits per heavy atom. The standard InChI is InChI=1S/C22H13BrClNO5S/c23-16-4-2-1-3-13(16)11-25-20(26)19(31-22(25)29)10-14-6-8-18(30-14)15-9-12(21(27)28)5-7-17(15)24/h1-10H,11H2,(H,27,28)/b19-10-. The Bertz CT molecular complexity index is 1250. The third kappa shape index (κ3) is 4.46. The van der Waals surface area contributed by atoms with Gasteiger partial charge in [0.15, 0.2) is 0 Å². The number of carboxylic acids is 1. The minimum Gasteiger partial charge on any atom is -0.478 e. The molecule has 6 nitrogen and oxygen atoms in total. The zero-order chi connectivity index (χ0) is 22.1. The SMILES string of the molecule is O=C(O)c1ccc(Cl)c(-c2ccc(/C=C3\SC(=O)N(Cc4ccccc4Br)C3=O)o2)c1. The second kappa shape index (κ2) is 8.74. The molecule has 0 radical (unpaired) electrons. The summed E-state index contributed by atoms with van der Waals surface area (Å²) >= 11 is 10.4. The van der Waals surface area contributed by atoms with E-state index < -0.39 is 11.9 Å². The van der Waals surface area contributed by atoms with Gasteiger partial charge >= 0.3 is 5.97 Å². The van der Waals surface area contributed by atoms with E-state index in [0.29, 0.717) is 22.1 Å². The van der Waals surface area contributed by atoms with Crippen LogP contribution in [0.4, 0.5) is 4.79 Å². The highest BCUT2D eigenvalue weighted by molar-refractivity contribution is 9.10. The molecule has 1 aromatic heterocycles. The minimum absolute atomic E-state index is 0.0746. The van der Waals surface area contributed by atoms with Crippen LogP contribution in [0.3, 0.4) is 0 Å². The maximum absolute atomic E-state index is 12.8. The van der Waals surface area contributed by atoms with Gasteiger partial charge in [-0.3, -0.25) is 14.5 Å². The van der Waals surface area contributed by atoms with Crippen LogP contribution in [0.1, 0.15) is 21.7 Å². The molecule has 0 unspecified atom stereocenters. The second-order valence-electron chi connectivity index (χ2n) is 6.56. The zero-order valence-electron chi connectivity index (χ0n) is 15.7. The van der Waals surface area contributed by atoms with Crippen molar-refractivity contribution in [3.05, 3.63) is 85.9 Å². The molecule has 4 rings (SSSR count). The third-order valence-electron chi connectivity index (χ3n) is 4.54. The summed E-state index contributed by atoms with van der Waals surface area (Å²) < 4.78 is 6.56. The first-order valence-corrected chi connectivity index (χ1v) is 10.9. The van der Waals surface area contributed by atoms with Gasteiger partial charge in [0.25, 0.3) is 11.1 Å². The van der Waals surface area contributed by atoms with Crippen LogP contribution >= 0.6 is 39.3 Å². The van der Waals surface area contributed by atoms with Crippen LogP contribution in [0.5, 0.6) is 0 Å². The molecular weight excluding hydrogens is 506 g/mol. The molecule has 31 heavy (non-hydrogen) atoms. The predicted octanol–water partition coefficient (Wildman–Crippen LogP) is 6.30. The predicted molar refractivity (Wildman–Crippen MR) is 122 cm³/mol. The van der Waals surface area contributed by atoms with Crippen molar-refractivity contribution in [2.75, 3.05) is 0 Å². The zero-order valence-corrected chi connectivity index (χ0v) is 18.8. The lowest BCUT2D eigenvalue weighted by Crippen LogP contribution is -2.27. The van der Waals surface area contributed by atoms with E-state index in [4.69, 9.17) is 16.0 Å². The Morgan fingerprint density at radius 2 is 1.94 bits per heavy atom. The van der Waals surface area contributed by atoms with Gasteiger partial charge in [-0.15, -0.1) is 0 Å². The normalized spacial score (nSPS) is 15.2. The summed E-state index contributed by atoms with van der Waals surface area (Å²) in [6.07, 6.45) is 1.49. The highest BCUT2D eigenvalue weighted by Gasteiger charge is 2.35. The lowest BCUT2D eigenvalue weighted by molar-refractivity contribution is -0.123. The molecule has 1 N–H and O–H groups in total. The second-order valence-corrected chi connectivity index (χ2v) is 8.82. The maximum atomic E-state index is 12.8. The molecule has 2 heterocycles. The number of thioether (sulfide) groups is 1. The number of imide groups is 1. The number of halogens is 2. The number of hydrogen-bond acceptors (Lipinski definition) is 5. The molecular formula is C22H13BrClNO5S. The van der Waals surface area contributed by atoms with E-state index in [1.54, 1.807) is 12.1 Å².